The summed E-state index contributed by atoms with van der Waals surface area (Å²) in [5, 5.41) is 2.82. The first-order valence-corrected chi connectivity index (χ1v) is 11.8. The Labute approximate surface area is 213 Å². The van der Waals surface area contributed by atoms with E-state index in [-0.39, 0.29) is 24.8 Å². The van der Waals surface area contributed by atoms with Gasteiger partial charge in [0.1, 0.15) is 17.9 Å². The number of nitrogens with zero attached hydrogens (tertiary/aromatic N) is 7. The maximum Gasteiger partial charge on any atom is 0.408 e. The van der Waals surface area contributed by atoms with Gasteiger partial charge in [0.15, 0.2) is 5.82 Å². The summed E-state index contributed by atoms with van der Waals surface area (Å²) >= 11 is 0. The van der Waals surface area contributed by atoms with E-state index in [1.807, 2.05) is 25.9 Å². The van der Waals surface area contributed by atoms with Crippen molar-refractivity contribution in [2.24, 2.45) is 0 Å². The van der Waals surface area contributed by atoms with Crippen molar-refractivity contribution in [3.8, 4) is 11.3 Å². The zero-order chi connectivity index (χ0) is 26.9. The fourth-order valence-electron chi connectivity index (χ4n) is 4.35. The van der Waals surface area contributed by atoms with Crippen molar-refractivity contribution in [1.29, 1.82) is 0 Å². The van der Waals surface area contributed by atoms with Crippen LogP contribution in [0, 0.1) is 0 Å². The lowest BCUT2D eigenvalue weighted by molar-refractivity contribution is -0.146. The first-order valence-electron chi connectivity index (χ1n) is 11.8. The van der Waals surface area contributed by atoms with Crippen LogP contribution in [0.25, 0.3) is 16.8 Å². The van der Waals surface area contributed by atoms with Crippen LogP contribution in [0.2, 0.25) is 0 Å². The number of carbonyl (C=O) groups excluding carboxylic acids is 1. The summed E-state index contributed by atoms with van der Waals surface area (Å²) in [6, 6.07) is 2.91. The van der Waals surface area contributed by atoms with Crippen LogP contribution in [-0.2, 0) is 4.79 Å². The molecule has 4 rings (SSSR count). The van der Waals surface area contributed by atoms with Crippen LogP contribution >= 0.6 is 0 Å². The molecule has 1 fully saturated rings. The van der Waals surface area contributed by atoms with Crippen LogP contribution in [0.1, 0.15) is 38.4 Å². The van der Waals surface area contributed by atoms with Crippen molar-refractivity contribution in [2.75, 3.05) is 35.8 Å². The van der Waals surface area contributed by atoms with Gasteiger partial charge in [-0.05, 0) is 44.4 Å². The summed E-state index contributed by atoms with van der Waals surface area (Å²) in [5.74, 6) is 0.771. The first kappa shape index (κ1) is 26.1. The van der Waals surface area contributed by atoms with Crippen molar-refractivity contribution < 1.29 is 18.0 Å². The smallest absolute Gasteiger partial charge is 0.361 e. The number of halogens is 3. The summed E-state index contributed by atoms with van der Waals surface area (Å²) in [6.45, 7) is 7.88. The Balaban J connectivity index is 1.50. The summed E-state index contributed by atoms with van der Waals surface area (Å²) in [7, 11) is 3.74. The molecule has 3 aromatic heterocycles. The molecule has 1 saturated heterocycles. The van der Waals surface area contributed by atoms with E-state index in [0.29, 0.717) is 29.3 Å². The van der Waals surface area contributed by atoms with E-state index >= 15 is 0 Å². The number of pyridine rings is 1. The van der Waals surface area contributed by atoms with E-state index in [1.54, 1.807) is 36.0 Å². The predicted molar refractivity (Wildman–Crippen MR) is 136 cm³/mol. The van der Waals surface area contributed by atoms with Gasteiger partial charge in [-0.25, -0.2) is 19.9 Å². The minimum Gasteiger partial charge on any atom is -0.361 e. The van der Waals surface area contributed by atoms with Gasteiger partial charge in [-0.1, -0.05) is 12.6 Å². The molecule has 196 valence electrons. The van der Waals surface area contributed by atoms with Gasteiger partial charge in [-0.3, -0.25) is 4.79 Å². The Morgan fingerprint density at radius 3 is 2.54 bits per heavy atom. The number of amides is 1. The maximum absolute atomic E-state index is 13.3. The van der Waals surface area contributed by atoms with Gasteiger partial charge in [0.2, 0.25) is 11.9 Å². The number of hydrogen-bond donors (Lipinski definition) is 1. The minimum atomic E-state index is -4.33. The molecule has 2 atom stereocenters. The third kappa shape index (κ3) is 5.42. The van der Waals surface area contributed by atoms with Crippen molar-refractivity contribution in [3.05, 3.63) is 49.2 Å². The van der Waals surface area contributed by atoms with Crippen LogP contribution in [0.5, 0.6) is 0 Å². The van der Waals surface area contributed by atoms with Crippen LogP contribution in [0.15, 0.2) is 43.5 Å². The first-order chi connectivity index (χ1) is 17.5. The molecule has 37 heavy (non-hydrogen) atoms. The molecule has 0 radical (unpaired) electrons. The van der Waals surface area contributed by atoms with E-state index in [2.05, 4.69) is 31.8 Å². The largest absolute Gasteiger partial charge is 0.408 e. The monoisotopic (exact) mass is 514 g/mol. The highest BCUT2D eigenvalue weighted by molar-refractivity contribution is 5.93. The summed E-state index contributed by atoms with van der Waals surface area (Å²) < 4.78 is 41.7. The number of hydrogen-bond acceptors (Lipinski definition) is 7. The number of anilines is 3. The van der Waals surface area contributed by atoms with Crippen molar-refractivity contribution in [3.63, 3.8) is 0 Å². The molecule has 3 aromatic rings. The molecule has 12 heteroatoms. The standard InChI is InChI=1S/C25H29F3N8O/c1-15(2)21-22(34(4)5)31-14-36(21)16(3)23(37)33-20-10-6-8-18(32-20)17-12-29-24(30-13-17)35-11-7-9-19(35)25(26,27)28/h6,8,10,12-14,16,19H,1,7,9,11H2,2-5H3,(H,32,33,37). The second kappa shape index (κ2) is 10.2. The van der Waals surface area contributed by atoms with Gasteiger partial charge < -0.3 is 19.7 Å². The number of aromatic nitrogens is 5. The Morgan fingerprint density at radius 1 is 1.22 bits per heavy atom. The predicted octanol–water partition coefficient (Wildman–Crippen LogP) is 4.57. The zero-order valence-electron chi connectivity index (χ0n) is 21.1. The molecule has 1 N–H and O–H groups in total. The summed E-state index contributed by atoms with van der Waals surface area (Å²) in [5.41, 5.74) is 2.54. The van der Waals surface area contributed by atoms with E-state index in [1.165, 1.54) is 17.3 Å². The van der Waals surface area contributed by atoms with Crippen LogP contribution in [0.4, 0.5) is 30.8 Å². The van der Waals surface area contributed by atoms with E-state index in [4.69, 9.17) is 0 Å². The second-order valence-electron chi connectivity index (χ2n) is 9.24. The average Bonchev–Trinajstić information content (AvgIpc) is 3.52. The molecule has 1 aliphatic heterocycles. The molecular weight excluding hydrogens is 485 g/mol. The lowest BCUT2D eigenvalue weighted by Crippen LogP contribution is -2.42. The molecule has 4 heterocycles. The number of imidazole rings is 1. The normalized spacial score (nSPS) is 16.5. The van der Waals surface area contributed by atoms with Gasteiger partial charge >= 0.3 is 6.18 Å². The molecule has 2 unspecified atom stereocenters. The molecular formula is C25H29F3N8O. The Morgan fingerprint density at radius 2 is 1.92 bits per heavy atom. The van der Waals surface area contributed by atoms with Crippen LogP contribution in [0.3, 0.4) is 0 Å². The molecule has 0 saturated carbocycles. The number of nitrogens with one attached hydrogen (secondary N) is 1. The highest BCUT2D eigenvalue weighted by Gasteiger charge is 2.46. The van der Waals surface area contributed by atoms with Crippen LogP contribution < -0.4 is 15.1 Å². The SMILES string of the molecule is C=C(C)c1c(N(C)C)ncn1C(C)C(=O)Nc1cccc(-c2cnc(N3CCCC3C(F)(F)F)nc2)n1. The summed E-state index contributed by atoms with van der Waals surface area (Å²) in [6.07, 6.45) is 0.617. The topological polar surface area (TPSA) is 92.1 Å². The average molecular weight is 515 g/mol. The lowest BCUT2D eigenvalue weighted by atomic mass is 10.2. The molecule has 0 spiro atoms. The Hall–Kier alpha value is -3.96. The highest BCUT2D eigenvalue weighted by atomic mass is 19.4. The molecule has 1 amide bonds. The van der Waals surface area contributed by atoms with Crippen LogP contribution in [-0.4, -0.2) is 63.3 Å². The summed E-state index contributed by atoms with van der Waals surface area (Å²) in [4.78, 5) is 33.3. The Kier molecular flexibility index (Phi) is 7.19. The zero-order valence-corrected chi connectivity index (χ0v) is 21.1. The third-order valence-electron chi connectivity index (χ3n) is 6.22. The molecule has 1 aliphatic rings. The number of allylic oxidation sites excluding steroid dienone is 1. The van der Waals surface area contributed by atoms with Gasteiger partial charge in [0.05, 0.1) is 17.7 Å². The fourth-order valence-corrected chi connectivity index (χ4v) is 4.35. The van der Waals surface area contributed by atoms with Gasteiger partial charge in [-0.2, -0.15) is 13.2 Å². The Bertz CT molecular complexity index is 1290. The van der Waals surface area contributed by atoms with Crippen molar-refractivity contribution in [1.82, 2.24) is 24.5 Å². The minimum absolute atomic E-state index is 0.0275. The number of carbonyl (C=O) groups is 1. The van der Waals surface area contributed by atoms with Gasteiger partial charge in [0.25, 0.3) is 0 Å². The molecule has 0 aromatic carbocycles. The van der Waals surface area contributed by atoms with Gasteiger partial charge in [-0.15, -0.1) is 0 Å². The lowest BCUT2D eigenvalue weighted by Gasteiger charge is -2.26. The molecule has 0 aliphatic carbocycles. The molecule has 0 bridgehead atoms. The van der Waals surface area contributed by atoms with Crippen molar-refractivity contribution >= 4 is 29.1 Å². The van der Waals surface area contributed by atoms with E-state index < -0.39 is 18.3 Å². The number of alkyl halides is 3. The second-order valence-corrected chi connectivity index (χ2v) is 9.24. The van der Waals surface area contributed by atoms with E-state index in [9.17, 15) is 18.0 Å². The number of rotatable bonds is 7. The fraction of sp³-hybridized carbons (Fsp3) is 0.400. The quantitative estimate of drug-likeness (QED) is 0.494. The maximum atomic E-state index is 13.3. The van der Waals surface area contributed by atoms with E-state index in [0.717, 1.165) is 11.3 Å². The van der Waals surface area contributed by atoms with Crippen molar-refractivity contribution in [2.45, 2.75) is 44.9 Å². The molecule has 9 nitrogen and oxygen atoms in total. The van der Waals surface area contributed by atoms with Gasteiger partial charge in [0, 0.05) is 38.6 Å². The third-order valence-corrected chi connectivity index (χ3v) is 6.22. The highest BCUT2D eigenvalue weighted by Crippen LogP contribution is 2.34.